The molecule has 3 rings (SSSR count). The molecule has 1 fully saturated rings. The third-order valence-electron chi connectivity index (χ3n) is 5.86. The Hall–Kier alpha value is -2.12. The molecule has 1 saturated carbocycles. The SMILES string of the molecule is CCNC(c1cc(C(=O)OCc2[nH]c(=O)ccc2C)cc(Br)c1N)C1CCCCC1. The lowest BCUT2D eigenvalue weighted by molar-refractivity contribution is 0.0466. The van der Waals surface area contributed by atoms with Gasteiger partial charge in [-0.2, -0.15) is 0 Å². The fourth-order valence-corrected chi connectivity index (χ4v) is 4.67. The number of carbonyl (C=O) groups excluding carboxylic acids is 1. The Labute approximate surface area is 185 Å². The number of rotatable bonds is 7. The first-order valence-corrected chi connectivity index (χ1v) is 11.4. The van der Waals surface area contributed by atoms with Crippen LogP contribution in [0.5, 0.6) is 0 Å². The van der Waals surface area contributed by atoms with Gasteiger partial charge in [0.1, 0.15) is 6.61 Å². The number of halogens is 1. The first-order chi connectivity index (χ1) is 14.4. The van der Waals surface area contributed by atoms with Crippen molar-refractivity contribution < 1.29 is 9.53 Å². The summed E-state index contributed by atoms with van der Waals surface area (Å²) in [4.78, 5) is 27.1. The van der Waals surface area contributed by atoms with E-state index >= 15 is 0 Å². The lowest BCUT2D eigenvalue weighted by atomic mass is 9.80. The molecule has 1 atom stereocenters. The van der Waals surface area contributed by atoms with E-state index in [0.29, 0.717) is 27.3 Å². The number of hydrogen-bond donors (Lipinski definition) is 3. The molecule has 1 aliphatic rings. The molecule has 1 aliphatic carbocycles. The number of aromatic amines is 1. The van der Waals surface area contributed by atoms with Gasteiger partial charge < -0.3 is 20.8 Å². The van der Waals surface area contributed by atoms with Crippen molar-refractivity contribution in [1.82, 2.24) is 10.3 Å². The number of anilines is 1. The van der Waals surface area contributed by atoms with E-state index in [2.05, 4.69) is 33.2 Å². The van der Waals surface area contributed by atoms with Gasteiger partial charge in [-0.3, -0.25) is 4.79 Å². The zero-order valence-electron chi connectivity index (χ0n) is 17.6. The highest BCUT2D eigenvalue weighted by Crippen LogP contribution is 2.39. The topological polar surface area (TPSA) is 97.2 Å². The van der Waals surface area contributed by atoms with Crippen molar-refractivity contribution in [2.75, 3.05) is 12.3 Å². The number of nitrogens with one attached hydrogen (secondary N) is 2. The van der Waals surface area contributed by atoms with Crippen molar-refractivity contribution in [3.05, 3.63) is 61.5 Å². The third kappa shape index (κ3) is 5.32. The number of carbonyl (C=O) groups is 1. The molecule has 0 amide bonds. The molecule has 0 saturated heterocycles. The van der Waals surface area contributed by atoms with E-state index < -0.39 is 5.97 Å². The van der Waals surface area contributed by atoms with Crippen molar-refractivity contribution in [2.24, 2.45) is 5.92 Å². The Morgan fingerprint density at radius 3 is 2.73 bits per heavy atom. The number of benzene rings is 1. The van der Waals surface area contributed by atoms with Crippen LogP contribution in [-0.2, 0) is 11.3 Å². The maximum atomic E-state index is 12.8. The van der Waals surface area contributed by atoms with Gasteiger partial charge in [-0.15, -0.1) is 0 Å². The lowest BCUT2D eigenvalue weighted by Crippen LogP contribution is -2.30. The summed E-state index contributed by atoms with van der Waals surface area (Å²) in [7, 11) is 0. The maximum Gasteiger partial charge on any atom is 0.338 e. The number of hydrogen-bond acceptors (Lipinski definition) is 5. The van der Waals surface area contributed by atoms with Crippen molar-refractivity contribution in [2.45, 2.75) is 58.6 Å². The zero-order valence-corrected chi connectivity index (χ0v) is 19.2. The Bertz CT molecular complexity index is 951. The summed E-state index contributed by atoms with van der Waals surface area (Å²) in [6.07, 6.45) is 6.05. The second-order valence-corrected chi connectivity index (χ2v) is 8.81. The zero-order chi connectivity index (χ0) is 21.7. The molecule has 1 unspecified atom stereocenters. The first kappa shape index (κ1) is 22.6. The van der Waals surface area contributed by atoms with Crippen molar-refractivity contribution in [1.29, 1.82) is 0 Å². The van der Waals surface area contributed by atoms with E-state index in [0.717, 1.165) is 30.5 Å². The van der Waals surface area contributed by atoms with E-state index in [9.17, 15) is 9.59 Å². The van der Waals surface area contributed by atoms with Crippen LogP contribution in [0, 0.1) is 12.8 Å². The summed E-state index contributed by atoms with van der Waals surface area (Å²) in [5, 5.41) is 3.58. The summed E-state index contributed by atoms with van der Waals surface area (Å²) < 4.78 is 6.18. The Morgan fingerprint density at radius 1 is 1.30 bits per heavy atom. The van der Waals surface area contributed by atoms with Gasteiger partial charge in [0, 0.05) is 16.6 Å². The van der Waals surface area contributed by atoms with Crippen LogP contribution < -0.4 is 16.6 Å². The number of pyridine rings is 1. The minimum Gasteiger partial charge on any atom is -0.456 e. The molecule has 1 aromatic heterocycles. The minimum atomic E-state index is -0.444. The molecule has 0 spiro atoms. The van der Waals surface area contributed by atoms with Gasteiger partial charge in [-0.05, 0) is 71.4 Å². The van der Waals surface area contributed by atoms with Crippen LogP contribution >= 0.6 is 15.9 Å². The molecular weight excluding hydrogens is 446 g/mol. The highest BCUT2D eigenvalue weighted by molar-refractivity contribution is 9.10. The highest BCUT2D eigenvalue weighted by Gasteiger charge is 2.27. The molecule has 1 aromatic carbocycles. The minimum absolute atomic E-state index is 0.0112. The van der Waals surface area contributed by atoms with Gasteiger partial charge >= 0.3 is 5.97 Å². The fourth-order valence-electron chi connectivity index (χ4n) is 4.19. The molecule has 1 heterocycles. The predicted molar refractivity (Wildman–Crippen MR) is 122 cm³/mol. The average molecular weight is 476 g/mol. The highest BCUT2D eigenvalue weighted by atomic mass is 79.9. The summed E-state index contributed by atoms with van der Waals surface area (Å²) >= 11 is 3.52. The second-order valence-electron chi connectivity index (χ2n) is 7.95. The van der Waals surface area contributed by atoms with Crippen LogP contribution in [0.1, 0.15) is 72.2 Å². The van der Waals surface area contributed by atoms with Crippen LogP contribution in [0.25, 0.3) is 0 Å². The predicted octanol–water partition coefficient (Wildman–Crippen LogP) is 4.62. The smallest absolute Gasteiger partial charge is 0.338 e. The van der Waals surface area contributed by atoms with E-state index in [1.54, 1.807) is 12.1 Å². The maximum absolute atomic E-state index is 12.8. The lowest BCUT2D eigenvalue weighted by Gasteiger charge is -2.32. The van der Waals surface area contributed by atoms with Gasteiger partial charge in [0.2, 0.25) is 5.56 Å². The molecule has 2 aromatic rings. The van der Waals surface area contributed by atoms with Crippen LogP contribution in [0.2, 0.25) is 0 Å². The van der Waals surface area contributed by atoms with Crippen LogP contribution in [0.3, 0.4) is 0 Å². The first-order valence-electron chi connectivity index (χ1n) is 10.6. The van der Waals surface area contributed by atoms with Gasteiger partial charge in [-0.1, -0.05) is 32.3 Å². The number of ether oxygens (including phenoxy) is 1. The van der Waals surface area contributed by atoms with E-state index in [1.807, 2.05) is 13.0 Å². The molecule has 7 heteroatoms. The Kier molecular flexibility index (Phi) is 7.72. The van der Waals surface area contributed by atoms with Gasteiger partial charge in [-0.25, -0.2) is 4.79 Å². The summed E-state index contributed by atoms with van der Waals surface area (Å²) in [5.41, 5.74) is 9.70. The molecule has 4 N–H and O–H groups in total. The molecule has 162 valence electrons. The molecule has 0 radical (unpaired) electrons. The van der Waals surface area contributed by atoms with Crippen molar-refractivity contribution in [3.8, 4) is 0 Å². The quantitative estimate of drug-likeness (QED) is 0.401. The summed E-state index contributed by atoms with van der Waals surface area (Å²) in [6.45, 7) is 4.79. The van der Waals surface area contributed by atoms with Gasteiger partial charge in [0.05, 0.1) is 16.9 Å². The number of nitrogen functional groups attached to an aromatic ring is 1. The summed E-state index contributed by atoms with van der Waals surface area (Å²) in [5.74, 6) is 0.0520. The Balaban J connectivity index is 1.84. The van der Waals surface area contributed by atoms with E-state index in [-0.39, 0.29) is 18.2 Å². The Morgan fingerprint density at radius 2 is 2.03 bits per heavy atom. The molecular formula is C23H30BrN3O3. The third-order valence-corrected chi connectivity index (χ3v) is 6.52. The van der Waals surface area contributed by atoms with Gasteiger partial charge in [0.15, 0.2) is 0 Å². The number of aromatic nitrogens is 1. The number of nitrogens with two attached hydrogens (primary N) is 1. The molecule has 0 aliphatic heterocycles. The van der Waals surface area contributed by atoms with Crippen molar-refractivity contribution >= 4 is 27.6 Å². The number of H-pyrrole nitrogens is 1. The molecule has 0 bridgehead atoms. The molecule has 6 nitrogen and oxygen atoms in total. The van der Waals surface area contributed by atoms with Crippen LogP contribution in [0.4, 0.5) is 5.69 Å². The average Bonchev–Trinajstić information content (AvgIpc) is 2.75. The van der Waals surface area contributed by atoms with Gasteiger partial charge in [0.25, 0.3) is 0 Å². The van der Waals surface area contributed by atoms with E-state index in [1.165, 1.54) is 25.3 Å². The molecule has 30 heavy (non-hydrogen) atoms. The van der Waals surface area contributed by atoms with Crippen molar-refractivity contribution in [3.63, 3.8) is 0 Å². The monoisotopic (exact) mass is 475 g/mol. The largest absolute Gasteiger partial charge is 0.456 e. The van der Waals surface area contributed by atoms with Crippen LogP contribution in [0.15, 0.2) is 33.5 Å². The number of esters is 1. The normalized spacial score (nSPS) is 15.7. The number of aryl methyl sites for hydroxylation is 1. The standard InChI is InChI=1S/C23H30BrN3O3/c1-3-26-22(15-7-5-4-6-8-15)17-11-16(12-18(24)21(17)25)23(29)30-13-19-14(2)9-10-20(28)27-19/h9-12,15,22,26H,3-8,13,25H2,1-2H3,(H,27,28). The van der Waals surface area contributed by atoms with E-state index in [4.69, 9.17) is 10.5 Å². The summed E-state index contributed by atoms with van der Waals surface area (Å²) in [6, 6.07) is 6.82. The second kappa shape index (κ2) is 10.3. The fraction of sp³-hybridized carbons (Fsp3) is 0.478. The van der Waals surface area contributed by atoms with Crippen LogP contribution in [-0.4, -0.2) is 17.5 Å².